The zero-order valence-corrected chi connectivity index (χ0v) is 21.3. The zero-order chi connectivity index (χ0) is 25.2. The molecule has 186 valence electrons. The van der Waals surface area contributed by atoms with Crippen LogP contribution in [0.3, 0.4) is 0 Å². The maximum absolute atomic E-state index is 5.50. The third-order valence-electron chi connectivity index (χ3n) is 7.49. The fourth-order valence-corrected chi connectivity index (χ4v) is 5.52. The van der Waals surface area contributed by atoms with Gasteiger partial charge in [-0.25, -0.2) is 9.97 Å². The minimum atomic E-state index is 0.369. The van der Waals surface area contributed by atoms with Crippen molar-refractivity contribution in [3.05, 3.63) is 96.7 Å². The molecule has 0 saturated carbocycles. The average molecular weight is 490 g/mol. The standard InChI is InChI=1S/C31H31N5O/c1-35-20-25(27-8-3-4-9-29(27)35)21-36-16-12-22(13-17-36)30-28(24-6-5-7-26(18-24)37-2)19-33-31(34-30)23-10-14-32-15-11-23/h3-11,14-15,18-20,22H,12-13,16-17,21H2,1-2H3. The van der Waals surface area contributed by atoms with Gasteiger partial charge in [-0.1, -0.05) is 30.3 Å². The Hall–Kier alpha value is -4.03. The van der Waals surface area contributed by atoms with Crippen LogP contribution in [0.15, 0.2) is 85.5 Å². The molecule has 0 atom stereocenters. The number of hydrogen-bond donors (Lipinski definition) is 0. The molecule has 37 heavy (non-hydrogen) atoms. The first kappa shape index (κ1) is 23.4. The molecule has 1 aliphatic heterocycles. The van der Waals surface area contributed by atoms with E-state index in [2.05, 4.69) is 64.1 Å². The highest BCUT2D eigenvalue weighted by atomic mass is 16.5. The zero-order valence-electron chi connectivity index (χ0n) is 21.3. The Kier molecular flexibility index (Phi) is 6.41. The molecule has 6 nitrogen and oxygen atoms in total. The summed E-state index contributed by atoms with van der Waals surface area (Å²) in [5, 5.41) is 1.35. The maximum Gasteiger partial charge on any atom is 0.159 e. The molecule has 6 rings (SSSR count). The smallest absolute Gasteiger partial charge is 0.159 e. The normalized spacial score (nSPS) is 14.8. The van der Waals surface area contributed by atoms with Crippen LogP contribution in [-0.4, -0.2) is 44.6 Å². The van der Waals surface area contributed by atoms with E-state index in [9.17, 15) is 0 Å². The van der Waals surface area contributed by atoms with Crippen LogP contribution in [0, 0.1) is 0 Å². The van der Waals surface area contributed by atoms with E-state index in [0.29, 0.717) is 5.92 Å². The van der Waals surface area contributed by atoms with E-state index in [1.54, 1.807) is 19.5 Å². The second-order valence-electron chi connectivity index (χ2n) is 9.79. The van der Waals surface area contributed by atoms with Gasteiger partial charge >= 0.3 is 0 Å². The first-order valence-electron chi connectivity index (χ1n) is 12.9. The molecule has 0 bridgehead atoms. The lowest BCUT2D eigenvalue weighted by molar-refractivity contribution is 0.204. The van der Waals surface area contributed by atoms with E-state index in [4.69, 9.17) is 14.7 Å². The predicted octanol–water partition coefficient (Wildman–Crippen LogP) is 6.09. The molecule has 0 spiro atoms. The molecule has 1 saturated heterocycles. The predicted molar refractivity (Wildman–Crippen MR) is 147 cm³/mol. The van der Waals surface area contributed by atoms with Gasteiger partial charge in [-0.05, 0) is 67.4 Å². The van der Waals surface area contributed by atoms with E-state index >= 15 is 0 Å². The van der Waals surface area contributed by atoms with Gasteiger partial charge in [-0.3, -0.25) is 9.88 Å². The van der Waals surface area contributed by atoms with Crippen LogP contribution in [0.1, 0.15) is 30.0 Å². The van der Waals surface area contributed by atoms with Gasteiger partial charge < -0.3 is 9.30 Å². The molecule has 0 amide bonds. The fourth-order valence-electron chi connectivity index (χ4n) is 5.52. The van der Waals surface area contributed by atoms with Crippen molar-refractivity contribution in [2.24, 2.45) is 7.05 Å². The summed E-state index contributed by atoms with van der Waals surface area (Å²) >= 11 is 0. The van der Waals surface area contributed by atoms with Crippen LogP contribution < -0.4 is 4.74 Å². The quantitative estimate of drug-likeness (QED) is 0.289. The number of aromatic nitrogens is 4. The molecule has 4 heterocycles. The van der Waals surface area contributed by atoms with Crippen LogP contribution in [0.2, 0.25) is 0 Å². The van der Waals surface area contributed by atoms with Crippen LogP contribution in [0.4, 0.5) is 0 Å². The molecule has 0 N–H and O–H groups in total. The van der Waals surface area contributed by atoms with Gasteiger partial charge in [0.25, 0.3) is 0 Å². The van der Waals surface area contributed by atoms with Gasteiger partial charge in [0, 0.05) is 66.3 Å². The van der Waals surface area contributed by atoms with E-state index < -0.39 is 0 Å². The first-order chi connectivity index (χ1) is 18.2. The van der Waals surface area contributed by atoms with Gasteiger partial charge in [-0.2, -0.15) is 0 Å². The Morgan fingerprint density at radius 1 is 0.946 bits per heavy atom. The number of para-hydroxylation sites is 1. The van der Waals surface area contributed by atoms with Crippen LogP contribution in [0.5, 0.6) is 5.75 Å². The lowest BCUT2D eigenvalue weighted by Crippen LogP contribution is -2.32. The molecule has 2 aromatic carbocycles. The summed E-state index contributed by atoms with van der Waals surface area (Å²) < 4.78 is 7.74. The minimum absolute atomic E-state index is 0.369. The summed E-state index contributed by atoms with van der Waals surface area (Å²) in [5.74, 6) is 1.96. The average Bonchev–Trinajstić information content (AvgIpc) is 3.28. The SMILES string of the molecule is COc1cccc(-c2cnc(-c3ccncc3)nc2C2CCN(Cc3cn(C)c4ccccc34)CC2)c1. The van der Waals surface area contributed by atoms with Crippen molar-refractivity contribution in [2.45, 2.75) is 25.3 Å². The van der Waals surface area contributed by atoms with Gasteiger partial charge in [0.15, 0.2) is 5.82 Å². The summed E-state index contributed by atoms with van der Waals surface area (Å²) in [6.07, 6.45) is 9.97. The molecular weight excluding hydrogens is 458 g/mol. The third-order valence-corrected chi connectivity index (χ3v) is 7.49. The summed E-state index contributed by atoms with van der Waals surface area (Å²) in [6.45, 7) is 3.06. The molecule has 0 unspecified atom stereocenters. The van der Waals surface area contributed by atoms with E-state index in [1.807, 2.05) is 30.5 Å². The van der Waals surface area contributed by atoms with E-state index in [1.165, 1.54) is 16.5 Å². The molecule has 3 aromatic heterocycles. The van der Waals surface area contributed by atoms with Crippen molar-refractivity contribution in [3.8, 4) is 28.3 Å². The third kappa shape index (κ3) is 4.72. The summed E-state index contributed by atoms with van der Waals surface area (Å²) in [4.78, 5) is 16.6. The van der Waals surface area contributed by atoms with Crippen molar-refractivity contribution in [1.29, 1.82) is 0 Å². The largest absolute Gasteiger partial charge is 0.497 e. The lowest BCUT2D eigenvalue weighted by atomic mass is 9.88. The number of likely N-dealkylation sites (tertiary alicyclic amines) is 1. The number of fused-ring (bicyclic) bond motifs is 1. The van der Waals surface area contributed by atoms with Crippen molar-refractivity contribution in [3.63, 3.8) is 0 Å². The van der Waals surface area contributed by atoms with E-state index in [-0.39, 0.29) is 0 Å². The van der Waals surface area contributed by atoms with Crippen LogP contribution in [0.25, 0.3) is 33.4 Å². The number of benzene rings is 2. The van der Waals surface area contributed by atoms with Gasteiger partial charge in [-0.15, -0.1) is 0 Å². The molecule has 6 heteroatoms. The lowest BCUT2D eigenvalue weighted by Gasteiger charge is -2.32. The number of hydrogen-bond acceptors (Lipinski definition) is 5. The van der Waals surface area contributed by atoms with Gasteiger partial charge in [0.05, 0.1) is 12.8 Å². The van der Waals surface area contributed by atoms with Crippen molar-refractivity contribution in [1.82, 2.24) is 24.4 Å². The number of piperidine rings is 1. The number of aryl methyl sites for hydroxylation is 1. The number of rotatable bonds is 6. The highest BCUT2D eigenvalue weighted by Gasteiger charge is 2.26. The summed E-state index contributed by atoms with van der Waals surface area (Å²) in [7, 11) is 3.84. The van der Waals surface area contributed by atoms with Crippen molar-refractivity contribution in [2.75, 3.05) is 20.2 Å². The Bertz CT molecular complexity index is 1520. The number of nitrogens with zero attached hydrogens (tertiary/aromatic N) is 5. The van der Waals surface area contributed by atoms with Crippen molar-refractivity contribution < 1.29 is 4.74 Å². The van der Waals surface area contributed by atoms with Gasteiger partial charge in [0.2, 0.25) is 0 Å². The maximum atomic E-state index is 5.50. The Morgan fingerprint density at radius 2 is 1.76 bits per heavy atom. The Morgan fingerprint density at radius 3 is 2.57 bits per heavy atom. The molecule has 0 aliphatic carbocycles. The van der Waals surface area contributed by atoms with Crippen LogP contribution >= 0.6 is 0 Å². The molecule has 5 aromatic rings. The number of pyridine rings is 1. The minimum Gasteiger partial charge on any atom is -0.497 e. The summed E-state index contributed by atoms with van der Waals surface area (Å²) in [6, 6.07) is 20.8. The molecule has 1 aliphatic rings. The monoisotopic (exact) mass is 489 g/mol. The highest BCUT2D eigenvalue weighted by molar-refractivity contribution is 5.83. The fraction of sp³-hybridized carbons (Fsp3) is 0.258. The summed E-state index contributed by atoms with van der Waals surface area (Å²) in [5.41, 5.74) is 6.98. The highest BCUT2D eigenvalue weighted by Crippen LogP contribution is 2.36. The van der Waals surface area contributed by atoms with E-state index in [0.717, 1.165) is 66.4 Å². The molecular formula is C31H31N5O. The Balaban J connectivity index is 1.28. The second kappa shape index (κ2) is 10.1. The van der Waals surface area contributed by atoms with Crippen molar-refractivity contribution >= 4 is 10.9 Å². The topological polar surface area (TPSA) is 56.1 Å². The molecule has 1 fully saturated rings. The Labute approximate surface area is 217 Å². The second-order valence-corrected chi connectivity index (χ2v) is 9.79. The van der Waals surface area contributed by atoms with Crippen LogP contribution in [-0.2, 0) is 13.6 Å². The molecule has 0 radical (unpaired) electrons. The number of methoxy groups -OCH3 is 1. The van der Waals surface area contributed by atoms with Gasteiger partial charge in [0.1, 0.15) is 5.75 Å². The number of ether oxygens (including phenoxy) is 1. The first-order valence-corrected chi connectivity index (χ1v) is 12.9.